The fraction of sp³-hybridized carbons (Fsp3) is 0.143. The number of rotatable bonds is 5. The van der Waals surface area contributed by atoms with Crippen LogP contribution in [0.15, 0.2) is 42.5 Å². The topological polar surface area (TPSA) is 86.5 Å². The van der Waals surface area contributed by atoms with Gasteiger partial charge in [0.2, 0.25) is 0 Å². The molecule has 0 aliphatic heterocycles. The molecule has 2 aromatic carbocycles. The summed E-state index contributed by atoms with van der Waals surface area (Å²) in [6.45, 7) is 0. The van der Waals surface area contributed by atoms with E-state index in [0.717, 1.165) is 30.3 Å². The van der Waals surface area contributed by atoms with E-state index in [-0.39, 0.29) is 22.0 Å². The summed E-state index contributed by atoms with van der Waals surface area (Å²) in [4.78, 5) is 9.87. The lowest BCUT2D eigenvalue weighted by atomic mass is 10.1. The van der Waals surface area contributed by atoms with Crippen LogP contribution in [-0.2, 0) is 22.0 Å². The van der Waals surface area contributed by atoms with Gasteiger partial charge in [-0.05, 0) is 17.7 Å². The smallest absolute Gasteiger partial charge is 0.381 e. The Balaban J connectivity index is 2.22. The minimum absolute atomic E-state index is 0.132. The molecule has 6 nitrogen and oxygen atoms in total. The maximum Gasteiger partial charge on any atom is 0.416 e. The lowest BCUT2D eigenvalue weighted by molar-refractivity contribution is -0.384. The molecule has 0 aromatic heterocycles. The van der Waals surface area contributed by atoms with Gasteiger partial charge >= 0.3 is 16.3 Å². The number of hydrogen-bond acceptors (Lipinski definition) is 5. The Morgan fingerprint density at radius 3 is 2.40 bits per heavy atom. The van der Waals surface area contributed by atoms with Gasteiger partial charge < -0.3 is 4.18 Å². The van der Waals surface area contributed by atoms with Gasteiger partial charge in [-0.25, -0.2) is 0 Å². The standard InChI is InChI=1S/C14H9ClF3NO5S/c15-12-7-11(19(20)21)4-5-13(12)24-25(22,23)8-9-2-1-3-10(6-9)14(16,17)18/h1-7H,8H2. The van der Waals surface area contributed by atoms with Crippen molar-refractivity contribution in [3.63, 3.8) is 0 Å². The Labute approximate surface area is 145 Å². The molecule has 0 unspecified atom stereocenters. The molecule has 0 saturated heterocycles. The molecular weight excluding hydrogens is 387 g/mol. The predicted molar refractivity (Wildman–Crippen MR) is 82.8 cm³/mol. The zero-order valence-corrected chi connectivity index (χ0v) is 13.7. The van der Waals surface area contributed by atoms with Crippen molar-refractivity contribution in [3.8, 4) is 5.75 Å². The van der Waals surface area contributed by atoms with E-state index in [1.54, 1.807) is 0 Å². The second-order valence-electron chi connectivity index (χ2n) is 4.86. The minimum Gasteiger partial charge on any atom is -0.381 e. The quantitative estimate of drug-likeness (QED) is 0.430. The molecule has 0 aliphatic rings. The number of nitro benzene ring substituents is 1. The van der Waals surface area contributed by atoms with E-state index in [0.29, 0.717) is 6.07 Å². The number of halogens is 4. The van der Waals surface area contributed by atoms with Crippen molar-refractivity contribution < 1.29 is 30.7 Å². The fourth-order valence-electron chi connectivity index (χ4n) is 1.88. The maximum absolute atomic E-state index is 12.7. The van der Waals surface area contributed by atoms with E-state index in [9.17, 15) is 31.7 Å². The van der Waals surface area contributed by atoms with Crippen LogP contribution in [0.25, 0.3) is 0 Å². The van der Waals surface area contributed by atoms with E-state index in [2.05, 4.69) is 0 Å². The Kier molecular flexibility index (Phi) is 5.23. The summed E-state index contributed by atoms with van der Waals surface area (Å²) in [5, 5.41) is 10.3. The summed E-state index contributed by atoms with van der Waals surface area (Å²) in [6, 6.07) is 6.66. The zero-order chi connectivity index (χ0) is 18.8. The van der Waals surface area contributed by atoms with Crippen molar-refractivity contribution >= 4 is 27.4 Å². The van der Waals surface area contributed by atoms with Crippen molar-refractivity contribution in [2.45, 2.75) is 11.9 Å². The first-order valence-corrected chi connectivity index (χ1v) is 8.46. The summed E-state index contributed by atoms with van der Waals surface area (Å²) in [5.41, 5.74) is -1.49. The molecule has 2 aromatic rings. The molecule has 0 bridgehead atoms. The first-order valence-electron chi connectivity index (χ1n) is 6.50. The van der Waals surface area contributed by atoms with Gasteiger partial charge in [0.1, 0.15) is 5.75 Å². The monoisotopic (exact) mass is 395 g/mol. The summed E-state index contributed by atoms with van der Waals surface area (Å²) >= 11 is 5.72. The minimum atomic E-state index is -4.61. The van der Waals surface area contributed by atoms with Gasteiger partial charge in [-0.2, -0.15) is 21.6 Å². The van der Waals surface area contributed by atoms with Crippen LogP contribution in [0.4, 0.5) is 18.9 Å². The van der Waals surface area contributed by atoms with Crippen molar-refractivity contribution in [1.29, 1.82) is 0 Å². The van der Waals surface area contributed by atoms with Crippen LogP contribution in [0.1, 0.15) is 11.1 Å². The Bertz CT molecular complexity index is 915. The first-order chi connectivity index (χ1) is 11.5. The SMILES string of the molecule is O=[N+]([O-])c1ccc(OS(=O)(=O)Cc2cccc(C(F)(F)F)c2)c(Cl)c1. The average molecular weight is 396 g/mol. The summed E-state index contributed by atoms with van der Waals surface area (Å²) < 4.78 is 66.7. The second kappa shape index (κ2) is 6.89. The molecule has 0 aliphatic carbocycles. The summed E-state index contributed by atoms with van der Waals surface area (Å²) in [5.74, 6) is -1.19. The van der Waals surface area contributed by atoms with Crippen LogP contribution in [0, 0.1) is 10.1 Å². The van der Waals surface area contributed by atoms with Gasteiger partial charge in [0.25, 0.3) is 5.69 Å². The Hall–Kier alpha value is -2.33. The van der Waals surface area contributed by atoms with E-state index in [1.165, 1.54) is 6.07 Å². The van der Waals surface area contributed by atoms with E-state index in [4.69, 9.17) is 15.8 Å². The van der Waals surface area contributed by atoms with Crippen molar-refractivity contribution in [2.75, 3.05) is 0 Å². The molecule has 0 atom stereocenters. The van der Waals surface area contributed by atoms with Crippen LogP contribution in [0.2, 0.25) is 5.02 Å². The normalized spacial score (nSPS) is 12.0. The largest absolute Gasteiger partial charge is 0.416 e. The highest BCUT2D eigenvalue weighted by atomic mass is 35.5. The highest BCUT2D eigenvalue weighted by molar-refractivity contribution is 7.86. The third-order valence-electron chi connectivity index (χ3n) is 2.94. The molecule has 0 radical (unpaired) electrons. The van der Waals surface area contributed by atoms with Crippen LogP contribution < -0.4 is 4.18 Å². The van der Waals surface area contributed by atoms with Crippen LogP contribution in [0.3, 0.4) is 0 Å². The van der Waals surface area contributed by atoms with Gasteiger partial charge in [0.15, 0.2) is 5.75 Å². The van der Waals surface area contributed by atoms with E-state index >= 15 is 0 Å². The van der Waals surface area contributed by atoms with Crippen LogP contribution in [0.5, 0.6) is 5.75 Å². The van der Waals surface area contributed by atoms with Crippen molar-refractivity contribution in [3.05, 3.63) is 68.7 Å². The molecule has 0 fully saturated rings. The Morgan fingerprint density at radius 2 is 1.84 bits per heavy atom. The third kappa shape index (κ3) is 5.07. The molecule has 134 valence electrons. The zero-order valence-electron chi connectivity index (χ0n) is 12.2. The predicted octanol–water partition coefficient (Wildman–Crippen LogP) is 4.18. The van der Waals surface area contributed by atoms with Crippen molar-refractivity contribution in [2.24, 2.45) is 0 Å². The molecule has 0 saturated carbocycles. The van der Waals surface area contributed by atoms with Gasteiger partial charge in [-0.15, -0.1) is 0 Å². The summed E-state index contributed by atoms with van der Waals surface area (Å²) in [6.07, 6.45) is -4.61. The molecule has 0 N–H and O–H groups in total. The number of benzene rings is 2. The van der Waals surface area contributed by atoms with Crippen molar-refractivity contribution in [1.82, 2.24) is 0 Å². The Morgan fingerprint density at radius 1 is 1.16 bits per heavy atom. The summed E-state index contributed by atoms with van der Waals surface area (Å²) in [7, 11) is -4.33. The molecule has 0 spiro atoms. The first kappa shape index (κ1) is 19.0. The number of hydrogen-bond donors (Lipinski definition) is 0. The van der Waals surface area contributed by atoms with E-state index in [1.807, 2.05) is 0 Å². The van der Waals surface area contributed by atoms with Crippen LogP contribution >= 0.6 is 11.6 Å². The molecule has 0 amide bonds. The molecule has 0 heterocycles. The highest BCUT2D eigenvalue weighted by Crippen LogP contribution is 2.32. The van der Waals surface area contributed by atoms with Gasteiger partial charge in [-0.1, -0.05) is 29.8 Å². The van der Waals surface area contributed by atoms with Gasteiger partial charge in [0.05, 0.1) is 15.5 Å². The number of nitrogens with zero attached hydrogens (tertiary/aromatic N) is 1. The third-order valence-corrected chi connectivity index (χ3v) is 4.36. The fourth-order valence-corrected chi connectivity index (χ4v) is 3.20. The van der Waals surface area contributed by atoms with Crippen LogP contribution in [-0.4, -0.2) is 13.3 Å². The number of nitro groups is 1. The average Bonchev–Trinajstić information content (AvgIpc) is 2.48. The van der Waals surface area contributed by atoms with E-state index < -0.39 is 32.5 Å². The molecular formula is C14H9ClF3NO5S. The number of non-ortho nitro benzene ring substituents is 1. The number of alkyl halides is 3. The molecule has 2 rings (SSSR count). The lowest BCUT2D eigenvalue weighted by Crippen LogP contribution is -2.13. The molecule has 25 heavy (non-hydrogen) atoms. The maximum atomic E-state index is 12.7. The highest BCUT2D eigenvalue weighted by Gasteiger charge is 2.30. The van der Waals surface area contributed by atoms with Gasteiger partial charge in [-0.3, -0.25) is 10.1 Å². The molecule has 11 heteroatoms. The lowest BCUT2D eigenvalue weighted by Gasteiger charge is -2.10. The van der Waals surface area contributed by atoms with Gasteiger partial charge in [0, 0.05) is 12.1 Å². The second-order valence-corrected chi connectivity index (χ2v) is 6.83.